The number of nitrogen functional groups attached to an aromatic ring is 1. The number of ether oxygens (including phenoxy) is 2. The molecule has 4 N–H and O–H groups in total. The van der Waals surface area contributed by atoms with Crippen molar-refractivity contribution in [2.24, 2.45) is 0 Å². The minimum atomic E-state index is -0.197. The molecule has 0 unspecified atom stereocenters. The van der Waals surface area contributed by atoms with Gasteiger partial charge < -0.3 is 25.4 Å². The van der Waals surface area contributed by atoms with Gasteiger partial charge in [-0.2, -0.15) is 0 Å². The van der Waals surface area contributed by atoms with Gasteiger partial charge in [-0.25, -0.2) is 0 Å². The SMILES string of the molecule is CN1CCC(Oc2ccc(C(=N)c3cc(C(=O)NCc4ccccc4CN4CCOCC4)ccc3N)cc2)CC1. The van der Waals surface area contributed by atoms with Crippen LogP contribution in [-0.4, -0.2) is 74.0 Å². The van der Waals surface area contributed by atoms with Crippen LogP contribution in [0.4, 0.5) is 5.69 Å². The third-order valence-corrected chi connectivity index (χ3v) is 7.75. The lowest BCUT2D eigenvalue weighted by molar-refractivity contribution is 0.0340. The molecule has 8 heteroatoms. The standard InChI is InChI=1S/C32H39N5O3/c1-36-14-12-28(13-15-36)40-27-9-6-23(7-10-27)31(34)29-20-24(8-11-30(29)33)32(38)35-21-25-4-2-3-5-26(25)22-37-16-18-39-19-17-37/h2-11,20,28,34H,12-19,21-22,33H2,1H3,(H,35,38). The number of piperidine rings is 1. The van der Waals surface area contributed by atoms with Crippen molar-refractivity contribution < 1.29 is 14.3 Å². The summed E-state index contributed by atoms with van der Waals surface area (Å²) in [6, 6.07) is 20.9. The lowest BCUT2D eigenvalue weighted by Gasteiger charge is -2.29. The van der Waals surface area contributed by atoms with E-state index < -0.39 is 0 Å². The maximum atomic E-state index is 13.1. The van der Waals surface area contributed by atoms with E-state index >= 15 is 0 Å². The average Bonchev–Trinajstić information content (AvgIpc) is 2.98. The zero-order chi connectivity index (χ0) is 27.9. The molecule has 0 spiro atoms. The Morgan fingerprint density at radius 2 is 1.65 bits per heavy atom. The van der Waals surface area contributed by atoms with Crippen LogP contribution in [0.3, 0.4) is 0 Å². The quantitative estimate of drug-likeness (QED) is 0.280. The first-order chi connectivity index (χ1) is 19.5. The van der Waals surface area contributed by atoms with Crippen molar-refractivity contribution >= 4 is 17.3 Å². The van der Waals surface area contributed by atoms with Gasteiger partial charge in [0.25, 0.3) is 5.91 Å². The Morgan fingerprint density at radius 1 is 0.975 bits per heavy atom. The van der Waals surface area contributed by atoms with Crippen LogP contribution < -0.4 is 15.8 Å². The molecule has 2 saturated heterocycles. The molecule has 2 heterocycles. The summed E-state index contributed by atoms with van der Waals surface area (Å²) in [5, 5.41) is 11.9. The number of carbonyl (C=O) groups excluding carboxylic acids is 1. The van der Waals surface area contributed by atoms with Crippen molar-refractivity contribution in [3.63, 3.8) is 0 Å². The normalized spacial score (nSPS) is 16.9. The third kappa shape index (κ3) is 7.07. The Labute approximate surface area is 236 Å². The number of rotatable bonds is 9. The number of hydrogen-bond donors (Lipinski definition) is 3. The Balaban J connectivity index is 1.22. The highest BCUT2D eigenvalue weighted by molar-refractivity contribution is 6.14. The van der Waals surface area contributed by atoms with Gasteiger partial charge in [0.15, 0.2) is 0 Å². The Morgan fingerprint density at radius 3 is 2.38 bits per heavy atom. The number of hydrogen-bond acceptors (Lipinski definition) is 7. The first-order valence-electron chi connectivity index (χ1n) is 14.1. The van der Waals surface area contributed by atoms with Crippen LogP contribution in [0.15, 0.2) is 66.7 Å². The fourth-order valence-electron chi connectivity index (χ4n) is 5.23. The number of anilines is 1. The summed E-state index contributed by atoms with van der Waals surface area (Å²) in [6.07, 6.45) is 2.25. The predicted molar refractivity (Wildman–Crippen MR) is 158 cm³/mol. The molecule has 0 atom stereocenters. The van der Waals surface area contributed by atoms with Crippen LogP contribution in [0.5, 0.6) is 5.75 Å². The molecule has 0 bridgehead atoms. The average molecular weight is 542 g/mol. The Bertz CT molecular complexity index is 1310. The highest BCUT2D eigenvalue weighted by atomic mass is 16.5. The van der Waals surface area contributed by atoms with Crippen molar-refractivity contribution in [1.29, 1.82) is 5.41 Å². The van der Waals surface area contributed by atoms with Gasteiger partial charge in [-0.1, -0.05) is 24.3 Å². The number of amides is 1. The molecule has 5 rings (SSSR count). The number of nitrogens with two attached hydrogens (primary N) is 1. The molecular weight excluding hydrogens is 502 g/mol. The largest absolute Gasteiger partial charge is 0.490 e. The molecule has 8 nitrogen and oxygen atoms in total. The molecule has 0 aliphatic carbocycles. The molecule has 0 saturated carbocycles. The molecule has 0 aromatic heterocycles. The van der Waals surface area contributed by atoms with E-state index in [1.807, 2.05) is 36.4 Å². The molecule has 0 radical (unpaired) electrons. The summed E-state index contributed by atoms with van der Waals surface area (Å²) in [7, 11) is 2.13. The van der Waals surface area contributed by atoms with Crippen LogP contribution >= 0.6 is 0 Å². The number of nitrogens with zero attached hydrogens (tertiary/aromatic N) is 2. The van der Waals surface area contributed by atoms with Gasteiger partial charge in [-0.15, -0.1) is 0 Å². The van der Waals surface area contributed by atoms with E-state index in [0.717, 1.165) is 75.7 Å². The van der Waals surface area contributed by atoms with Gasteiger partial charge in [-0.3, -0.25) is 15.1 Å². The first kappa shape index (κ1) is 27.8. The summed E-state index contributed by atoms with van der Waals surface area (Å²) in [4.78, 5) is 17.8. The molecular formula is C32H39N5O3. The summed E-state index contributed by atoms with van der Waals surface area (Å²) in [5.74, 6) is 0.609. The molecule has 40 heavy (non-hydrogen) atoms. The van der Waals surface area contributed by atoms with Gasteiger partial charge in [0.05, 0.1) is 18.9 Å². The third-order valence-electron chi connectivity index (χ3n) is 7.75. The molecule has 210 valence electrons. The van der Waals surface area contributed by atoms with Gasteiger partial charge in [0.1, 0.15) is 11.9 Å². The fourth-order valence-corrected chi connectivity index (χ4v) is 5.23. The zero-order valence-corrected chi connectivity index (χ0v) is 23.2. The van der Waals surface area contributed by atoms with Gasteiger partial charge in [0.2, 0.25) is 0 Å². The highest BCUT2D eigenvalue weighted by Crippen LogP contribution is 2.23. The smallest absolute Gasteiger partial charge is 0.251 e. The lowest BCUT2D eigenvalue weighted by atomic mass is 9.98. The van der Waals surface area contributed by atoms with Gasteiger partial charge in [-0.05, 0) is 73.5 Å². The molecule has 3 aromatic carbocycles. The maximum Gasteiger partial charge on any atom is 0.251 e. The van der Waals surface area contributed by atoms with E-state index in [1.165, 1.54) is 5.56 Å². The summed E-state index contributed by atoms with van der Waals surface area (Å²) >= 11 is 0. The van der Waals surface area contributed by atoms with Crippen molar-refractivity contribution in [2.75, 3.05) is 52.2 Å². The number of morpholine rings is 1. The Hall–Kier alpha value is -3.72. The van der Waals surface area contributed by atoms with Crippen molar-refractivity contribution in [2.45, 2.75) is 32.0 Å². The second kappa shape index (κ2) is 13.1. The molecule has 2 aliphatic rings. The monoisotopic (exact) mass is 541 g/mol. The summed E-state index contributed by atoms with van der Waals surface area (Å²) < 4.78 is 11.6. The van der Waals surface area contributed by atoms with E-state index in [2.05, 4.69) is 34.3 Å². The van der Waals surface area contributed by atoms with Crippen LogP contribution in [0, 0.1) is 5.41 Å². The predicted octanol–water partition coefficient (Wildman–Crippen LogP) is 3.92. The molecule has 2 fully saturated rings. The highest BCUT2D eigenvalue weighted by Gasteiger charge is 2.19. The second-order valence-corrected chi connectivity index (χ2v) is 10.7. The van der Waals surface area contributed by atoms with Crippen molar-refractivity contribution in [3.8, 4) is 5.75 Å². The summed E-state index contributed by atoms with van der Waals surface area (Å²) in [5.41, 5.74) is 11.0. The molecule has 2 aliphatic heterocycles. The van der Waals surface area contributed by atoms with Gasteiger partial charge in [0, 0.05) is 61.6 Å². The second-order valence-electron chi connectivity index (χ2n) is 10.7. The number of carbonyl (C=O) groups is 1. The molecule has 1 amide bonds. The summed E-state index contributed by atoms with van der Waals surface area (Å²) in [6.45, 7) is 6.67. The minimum Gasteiger partial charge on any atom is -0.490 e. The number of likely N-dealkylation sites (tertiary alicyclic amines) is 1. The van der Waals surface area contributed by atoms with Crippen molar-refractivity contribution in [1.82, 2.24) is 15.1 Å². The van der Waals surface area contributed by atoms with Crippen molar-refractivity contribution in [3.05, 3.63) is 94.5 Å². The van der Waals surface area contributed by atoms with E-state index in [1.54, 1.807) is 18.2 Å². The minimum absolute atomic E-state index is 0.197. The van der Waals surface area contributed by atoms with Crippen LogP contribution in [-0.2, 0) is 17.8 Å². The first-order valence-corrected chi connectivity index (χ1v) is 14.1. The Kier molecular flexibility index (Phi) is 9.11. The van der Waals surface area contributed by atoms with Crippen LogP contribution in [0.25, 0.3) is 0 Å². The lowest BCUT2D eigenvalue weighted by Crippen LogP contribution is -2.36. The fraction of sp³-hybridized carbons (Fsp3) is 0.375. The van der Waals surface area contributed by atoms with E-state index in [4.69, 9.17) is 20.6 Å². The zero-order valence-electron chi connectivity index (χ0n) is 23.2. The van der Waals surface area contributed by atoms with Crippen LogP contribution in [0.2, 0.25) is 0 Å². The maximum absolute atomic E-state index is 13.1. The van der Waals surface area contributed by atoms with E-state index in [0.29, 0.717) is 23.4 Å². The van der Waals surface area contributed by atoms with E-state index in [9.17, 15) is 4.79 Å². The van der Waals surface area contributed by atoms with Gasteiger partial charge >= 0.3 is 0 Å². The van der Waals surface area contributed by atoms with E-state index in [-0.39, 0.29) is 17.7 Å². The molecule has 3 aromatic rings. The topological polar surface area (TPSA) is 104 Å². The number of benzene rings is 3. The number of nitrogens with one attached hydrogen (secondary N) is 2. The van der Waals surface area contributed by atoms with Crippen LogP contribution in [0.1, 0.15) is 45.5 Å².